The molecule has 2 rings (SSSR count). The molecule has 0 bridgehead atoms. The molecule has 0 spiro atoms. The minimum absolute atomic E-state index is 0.00593. The Morgan fingerprint density at radius 1 is 1.32 bits per heavy atom. The predicted octanol–water partition coefficient (Wildman–Crippen LogP) is 2.73. The Balaban J connectivity index is 2.10. The number of rotatable bonds is 5. The number of thiophene rings is 1. The van der Waals surface area contributed by atoms with Crippen molar-refractivity contribution in [1.82, 2.24) is 0 Å². The summed E-state index contributed by atoms with van der Waals surface area (Å²) in [5.74, 6) is -0.738. The fourth-order valence-electron chi connectivity index (χ4n) is 1.67. The molecule has 0 fully saturated rings. The minimum Gasteiger partial charge on any atom is -0.488 e. The van der Waals surface area contributed by atoms with E-state index in [4.69, 9.17) is 9.84 Å². The zero-order valence-electron chi connectivity index (χ0n) is 10.4. The van der Waals surface area contributed by atoms with E-state index in [2.05, 4.69) is 0 Å². The molecular weight excluding hydrogens is 264 g/mol. The first-order chi connectivity index (χ1) is 9.00. The average Bonchev–Trinajstić information content (AvgIpc) is 2.86. The lowest BCUT2D eigenvalue weighted by atomic mass is 9.97. The Bertz CT molecular complexity index is 560. The van der Waals surface area contributed by atoms with Gasteiger partial charge in [0, 0.05) is 0 Å². The van der Waals surface area contributed by atoms with Crippen LogP contribution in [0.2, 0.25) is 0 Å². The van der Waals surface area contributed by atoms with E-state index in [9.17, 15) is 9.90 Å². The number of carbonyl (C=O) groups is 1. The van der Waals surface area contributed by atoms with Crippen LogP contribution < -0.4 is 4.74 Å². The molecule has 0 radical (unpaired) electrons. The lowest BCUT2D eigenvalue weighted by molar-refractivity contribution is 0.00722. The van der Waals surface area contributed by atoms with Crippen molar-refractivity contribution >= 4 is 17.3 Å². The zero-order chi connectivity index (χ0) is 13.9. The summed E-state index contributed by atoms with van der Waals surface area (Å²) >= 11 is 1.10. The second kappa shape index (κ2) is 5.42. The molecule has 1 unspecified atom stereocenters. The quantitative estimate of drug-likeness (QED) is 0.882. The molecule has 0 aliphatic heterocycles. The van der Waals surface area contributed by atoms with Gasteiger partial charge in [-0.05, 0) is 23.9 Å². The van der Waals surface area contributed by atoms with Crippen LogP contribution in [-0.2, 0) is 5.60 Å². The molecule has 2 N–H and O–H groups in total. The van der Waals surface area contributed by atoms with Crippen LogP contribution in [0, 0.1) is 0 Å². The lowest BCUT2D eigenvalue weighted by Crippen LogP contribution is -2.29. The number of hydrogen-bond donors (Lipinski definition) is 2. The van der Waals surface area contributed by atoms with Gasteiger partial charge < -0.3 is 14.9 Å². The molecule has 1 atom stereocenters. The van der Waals surface area contributed by atoms with Crippen LogP contribution in [0.15, 0.2) is 41.8 Å². The van der Waals surface area contributed by atoms with Crippen LogP contribution in [0.4, 0.5) is 0 Å². The number of carboxylic acid groups (broad SMARTS) is 1. The Morgan fingerprint density at radius 2 is 2.00 bits per heavy atom. The summed E-state index contributed by atoms with van der Waals surface area (Å²) in [6.45, 7) is 1.63. The van der Waals surface area contributed by atoms with Crippen LogP contribution in [0.1, 0.15) is 22.2 Å². The molecule has 0 saturated heterocycles. The summed E-state index contributed by atoms with van der Waals surface area (Å²) in [5.41, 5.74) is -0.444. The lowest BCUT2D eigenvalue weighted by Gasteiger charge is -2.23. The monoisotopic (exact) mass is 278 g/mol. The molecule has 100 valence electrons. The van der Waals surface area contributed by atoms with Gasteiger partial charge in [0.05, 0.1) is 0 Å². The molecule has 1 heterocycles. The van der Waals surface area contributed by atoms with E-state index in [1.807, 2.05) is 18.2 Å². The largest absolute Gasteiger partial charge is 0.488 e. The van der Waals surface area contributed by atoms with Gasteiger partial charge in [-0.15, -0.1) is 11.3 Å². The van der Waals surface area contributed by atoms with Gasteiger partial charge in [0.15, 0.2) is 4.88 Å². The number of carboxylic acids is 1. The predicted molar refractivity (Wildman–Crippen MR) is 72.8 cm³/mol. The van der Waals surface area contributed by atoms with Gasteiger partial charge in [0.25, 0.3) is 0 Å². The molecule has 19 heavy (non-hydrogen) atoms. The molecule has 0 aliphatic carbocycles. The Hall–Kier alpha value is -1.85. The molecule has 0 saturated carbocycles. The van der Waals surface area contributed by atoms with Gasteiger partial charge >= 0.3 is 5.97 Å². The average molecular weight is 278 g/mol. The van der Waals surface area contributed by atoms with Crippen LogP contribution in [0.3, 0.4) is 0 Å². The van der Waals surface area contributed by atoms with Crippen molar-refractivity contribution < 1.29 is 19.7 Å². The first-order valence-electron chi connectivity index (χ1n) is 5.72. The maximum absolute atomic E-state index is 10.9. The van der Waals surface area contributed by atoms with Gasteiger partial charge in [0.1, 0.15) is 18.0 Å². The number of aromatic carboxylic acids is 1. The summed E-state index contributed by atoms with van der Waals surface area (Å²) in [6.07, 6.45) is 0. The third kappa shape index (κ3) is 3.13. The molecule has 5 heteroatoms. The normalized spacial score (nSPS) is 13.8. The van der Waals surface area contributed by atoms with Crippen molar-refractivity contribution in [1.29, 1.82) is 0 Å². The number of benzene rings is 1. The SMILES string of the molecule is CC(O)(COc1ccsc1C(=O)O)c1ccccc1. The van der Waals surface area contributed by atoms with Gasteiger partial charge in [-0.2, -0.15) is 0 Å². The number of hydrogen-bond acceptors (Lipinski definition) is 4. The van der Waals surface area contributed by atoms with Gasteiger partial charge in [0.2, 0.25) is 0 Å². The molecule has 1 aromatic heterocycles. The van der Waals surface area contributed by atoms with E-state index >= 15 is 0 Å². The fourth-order valence-corrected chi connectivity index (χ4v) is 2.34. The van der Waals surface area contributed by atoms with Crippen molar-refractivity contribution in [3.63, 3.8) is 0 Å². The van der Waals surface area contributed by atoms with Crippen LogP contribution in [0.25, 0.3) is 0 Å². The van der Waals surface area contributed by atoms with Crippen molar-refractivity contribution in [3.05, 3.63) is 52.2 Å². The van der Waals surface area contributed by atoms with Crippen molar-refractivity contribution in [2.45, 2.75) is 12.5 Å². The third-order valence-corrected chi connectivity index (χ3v) is 3.61. The summed E-state index contributed by atoms with van der Waals surface area (Å²) in [7, 11) is 0. The highest BCUT2D eigenvalue weighted by atomic mass is 32.1. The van der Waals surface area contributed by atoms with Crippen molar-refractivity contribution in [2.75, 3.05) is 6.61 Å². The third-order valence-electron chi connectivity index (χ3n) is 2.73. The fraction of sp³-hybridized carbons (Fsp3) is 0.214. The van der Waals surface area contributed by atoms with Crippen LogP contribution in [0.5, 0.6) is 5.75 Å². The summed E-state index contributed by atoms with van der Waals surface area (Å²) in [6, 6.07) is 10.7. The van der Waals surface area contributed by atoms with Crippen LogP contribution >= 0.6 is 11.3 Å². The van der Waals surface area contributed by atoms with Crippen LogP contribution in [-0.4, -0.2) is 22.8 Å². The summed E-state index contributed by atoms with van der Waals surface area (Å²) < 4.78 is 5.44. The van der Waals surface area contributed by atoms with Crippen molar-refractivity contribution in [2.24, 2.45) is 0 Å². The minimum atomic E-state index is -1.17. The summed E-state index contributed by atoms with van der Waals surface area (Å²) in [5, 5.41) is 21.0. The maximum Gasteiger partial charge on any atom is 0.349 e. The van der Waals surface area contributed by atoms with Gasteiger partial charge in [-0.25, -0.2) is 4.79 Å². The van der Waals surface area contributed by atoms with E-state index in [0.29, 0.717) is 0 Å². The Morgan fingerprint density at radius 3 is 2.63 bits per heavy atom. The highest BCUT2D eigenvalue weighted by Gasteiger charge is 2.25. The van der Waals surface area contributed by atoms with E-state index in [0.717, 1.165) is 16.9 Å². The second-order valence-corrected chi connectivity index (χ2v) is 5.26. The molecule has 0 amide bonds. The smallest absolute Gasteiger partial charge is 0.349 e. The van der Waals surface area contributed by atoms with E-state index < -0.39 is 11.6 Å². The van der Waals surface area contributed by atoms with E-state index in [-0.39, 0.29) is 17.2 Å². The van der Waals surface area contributed by atoms with E-state index in [1.54, 1.807) is 30.5 Å². The van der Waals surface area contributed by atoms with E-state index in [1.165, 1.54) is 0 Å². The Labute approximate surface area is 114 Å². The molecule has 1 aromatic carbocycles. The molecule has 0 aliphatic rings. The number of ether oxygens (including phenoxy) is 1. The standard InChI is InChI=1S/C14H14O4S/c1-14(17,10-5-3-2-4-6-10)9-18-11-7-8-19-12(11)13(15)16/h2-8,17H,9H2,1H3,(H,15,16). The first-order valence-corrected chi connectivity index (χ1v) is 6.60. The number of aliphatic hydroxyl groups is 1. The zero-order valence-corrected chi connectivity index (χ0v) is 11.2. The molecule has 2 aromatic rings. The highest BCUT2D eigenvalue weighted by molar-refractivity contribution is 7.12. The highest BCUT2D eigenvalue weighted by Crippen LogP contribution is 2.27. The Kier molecular flexibility index (Phi) is 3.87. The summed E-state index contributed by atoms with van der Waals surface area (Å²) in [4.78, 5) is 11.1. The van der Waals surface area contributed by atoms with Gasteiger partial charge in [-0.1, -0.05) is 30.3 Å². The van der Waals surface area contributed by atoms with Crippen molar-refractivity contribution in [3.8, 4) is 5.75 Å². The first kappa shape index (κ1) is 13.6. The topological polar surface area (TPSA) is 66.8 Å². The van der Waals surface area contributed by atoms with Gasteiger partial charge in [-0.3, -0.25) is 0 Å². The maximum atomic E-state index is 10.9. The molecular formula is C14H14O4S. The second-order valence-electron chi connectivity index (χ2n) is 4.35. The molecule has 4 nitrogen and oxygen atoms in total.